The number of halogens is 1. The fourth-order valence-electron chi connectivity index (χ4n) is 2.22. The first-order chi connectivity index (χ1) is 10.0. The van der Waals surface area contributed by atoms with Crippen molar-refractivity contribution in [3.05, 3.63) is 59.4 Å². The number of nitrogens with zero attached hydrogens (tertiary/aromatic N) is 1. The second-order valence-electron chi connectivity index (χ2n) is 5.09. The van der Waals surface area contributed by atoms with Crippen LogP contribution in [0.5, 0.6) is 5.75 Å². The van der Waals surface area contributed by atoms with E-state index in [-0.39, 0.29) is 5.82 Å². The minimum absolute atomic E-state index is 0.334. The van der Waals surface area contributed by atoms with Gasteiger partial charge >= 0.3 is 0 Å². The third-order valence-electron chi connectivity index (χ3n) is 3.42. The second kappa shape index (κ2) is 6.59. The molecule has 0 heterocycles. The number of ether oxygens (including phenoxy) is 1. The van der Waals surface area contributed by atoms with E-state index in [9.17, 15) is 9.50 Å². The van der Waals surface area contributed by atoms with Gasteiger partial charge in [0, 0.05) is 13.6 Å². The largest absolute Gasteiger partial charge is 0.497 e. The molecule has 0 amide bonds. The zero-order valence-electron chi connectivity index (χ0n) is 12.5. The Morgan fingerprint density at radius 1 is 1.24 bits per heavy atom. The van der Waals surface area contributed by atoms with E-state index in [1.54, 1.807) is 26.2 Å². The molecule has 0 unspecified atom stereocenters. The topological polar surface area (TPSA) is 32.7 Å². The van der Waals surface area contributed by atoms with Crippen LogP contribution in [0.2, 0.25) is 0 Å². The standard InChI is InChI=1S/C17H20FNO2/c1-12(20)14-7-8-17(16(18)10-14)19(2)11-13-5-4-6-15(9-13)21-3/h4-10,12,20H,11H2,1-3H3/t12-/m1/s1. The summed E-state index contributed by atoms with van der Waals surface area (Å²) >= 11 is 0. The van der Waals surface area contributed by atoms with Crippen molar-refractivity contribution in [1.29, 1.82) is 0 Å². The summed E-state index contributed by atoms with van der Waals surface area (Å²) < 4.78 is 19.3. The van der Waals surface area contributed by atoms with E-state index in [0.29, 0.717) is 17.8 Å². The fourth-order valence-corrected chi connectivity index (χ4v) is 2.22. The monoisotopic (exact) mass is 289 g/mol. The zero-order valence-corrected chi connectivity index (χ0v) is 12.5. The molecule has 1 atom stereocenters. The van der Waals surface area contributed by atoms with Crippen LogP contribution < -0.4 is 9.64 Å². The van der Waals surface area contributed by atoms with Crippen LogP contribution in [0.25, 0.3) is 0 Å². The van der Waals surface area contributed by atoms with Gasteiger partial charge in [-0.2, -0.15) is 0 Å². The predicted molar refractivity (Wildman–Crippen MR) is 82.1 cm³/mol. The highest BCUT2D eigenvalue weighted by molar-refractivity contribution is 5.49. The van der Waals surface area contributed by atoms with Gasteiger partial charge in [-0.05, 0) is 42.3 Å². The lowest BCUT2D eigenvalue weighted by Gasteiger charge is -2.21. The van der Waals surface area contributed by atoms with Gasteiger partial charge in [0.15, 0.2) is 0 Å². The highest BCUT2D eigenvalue weighted by Crippen LogP contribution is 2.24. The summed E-state index contributed by atoms with van der Waals surface area (Å²) in [5.74, 6) is 0.449. The molecule has 2 aromatic rings. The maximum absolute atomic E-state index is 14.1. The van der Waals surface area contributed by atoms with E-state index < -0.39 is 6.10 Å². The van der Waals surface area contributed by atoms with E-state index in [4.69, 9.17) is 4.74 Å². The maximum atomic E-state index is 14.1. The number of rotatable bonds is 5. The molecule has 0 aromatic heterocycles. The lowest BCUT2D eigenvalue weighted by Crippen LogP contribution is -2.18. The molecule has 0 saturated heterocycles. The summed E-state index contributed by atoms with van der Waals surface area (Å²) in [6.45, 7) is 2.19. The molecule has 0 aliphatic heterocycles. The molecule has 4 heteroatoms. The molecule has 0 aliphatic rings. The van der Waals surface area contributed by atoms with Gasteiger partial charge in [-0.25, -0.2) is 4.39 Å². The Balaban J connectivity index is 2.18. The van der Waals surface area contributed by atoms with Crippen LogP contribution >= 0.6 is 0 Å². The van der Waals surface area contributed by atoms with Gasteiger partial charge in [0.25, 0.3) is 0 Å². The first kappa shape index (κ1) is 15.3. The van der Waals surface area contributed by atoms with E-state index in [1.807, 2.05) is 36.2 Å². The Morgan fingerprint density at radius 3 is 2.62 bits per heavy atom. The molecule has 0 saturated carbocycles. The van der Waals surface area contributed by atoms with Crippen molar-refractivity contribution in [2.45, 2.75) is 19.6 Å². The fraction of sp³-hybridized carbons (Fsp3) is 0.294. The normalized spacial score (nSPS) is 12.0. The molecule has 112 valence electrons. The molecular formula is C17H20FNO2. The second-order valence-corrected chi connectivity index (χ2v) is 5.09. The lowest BCUT2D eigenvalue weighted by molar-refractivity contribution is 0.199. The van der Waals surface area contributed by atoms with Gasteiger partial charge in [0.1, 0.15) is 11.6 Å². The van der Waals surface area contributed by atoms with Crippen LogP contribution in [0, 0.1) is 5.82 Å². The molecule has 0 fully saturated rings. The highest BCUT2D eigenvalue weighted by Gasteiger charge is 2.11. The summed E-state index contributed by atoms with van der Waals surface area (Å²) in [7, 11) is 3.46. The average molecular weight is 289 g/mol. The Bertz CT molecular complexity index is 613. The van der Waals surface area contributed by atoms with E-state index >= 15 is 0 Å². The summed E-state index contributed by atoms with van der Waals surface area (Å²) in [5, 5.41) is 9.48. The molecule has 1 N–H and O–H groups in total. The Kier molecular flexibility index (Phi) is 4.81. The molecule has 2 aromatic carbocycles. The molecule has 2 rings (SSSR count). The van der Waals surface area contributed by atoms with Crippen molar-refractivity contribution < 1.29 is 14.2 Å². The van der Waals surface area contributed by atoms with Gasteiger partial charge in [-0.3, -0.25) is 0 Å². The lowest BCUT2D eigenvalue weighted by atomic mass is 10.1. The van der Waals surface area contributed by atoms with Crippen molar-refractivity contribution in [3.8, 4) is 5.75 Å². The van der Waals surface area contributed by atoms with E-state index in [1.165, 1.54) is 6.07 Å². The molecule has 21 heavy (non-hydrogen) atoms. The molecule has 0 spiro atoms. The molecule has 3 nitrogen and oxygen atoms in total. The summed E-state index contributed by atoms with van der Waals surface area (Å²) in [5.41, 5.74) is 2.11. The zero-order chi connectivity index (χ0) is 15.4. The predicted octanol–water partition coefficient (Wildman–Crippen LogP) is 3.52. The number of hydrogen-bond acceptors (Lipinski definition) is 3. The third-order valence-corrected chi connectivity index (χ3v) is 3.42. The summed E-state index contributed by atoms with van der Waals surface area (Å²) in [6.07, 6.45) is -0.669. The SMILES string of the molecule is COc1cccc(CN(C)c2ccc([C@@H](C)O)cc2F)c1. The Hall–Kier alpha value is -2.07. The number of aliphatic hydroxyl groups excluding tert-OH is 1. The van der Waals surface area contributed by atoms with Crippen molar-refractivity contribution >= 4 is 5.69 Å². The first-order valence-electron chi connectivity index (χ1n) is 6.83. The molecular weight excluding hydrogens is 269 g/mol. The van der Waals surface area contributed by atoms with E-state index in [2.05, 4.69) is 0 Å². The highest BCUT2D eigenvalue weighted by atomic mass is 19.1. The van der Waals surface area contributed by atoms with Crippen molar-refractivity contribution in [1.82, 2.24) is 0 Å². The minimum Gasteiger partial charge on any atom is -0.497 e. The van der Waals surface area contributed by atoms with Crippen molar-refractivity contribution in [2.24, 2.45) is 0 Å². The smallest absolute Gasteiger partial charge is 0.146 e. The number of benzene rings is 2. The van der Waals surface area contributed by atoms with E-state index in [0.717, 1.165) is 11.3 Å². The number of anilines is 1. The van der Waals surface area contributed by atoms with Gasteiger partial charge in [-0.1, -0.05) is 18.2 Å². The molecule has 0 radical (unpaired) electrons. The van der Waals surface area contributed by atoms with Crippen LogP contribution in [-0.4, -0.2) is 19.3 Å². The van der Waals surface area contributed by atoms with Crippen LogP contribution in [-0.2, 0) is 6.54 Å². The van der Waals surface area contributed by atoms with Crippen LogP contribution in [0.15, 0.2) is 42.5 Å². The average Bonchev–Trinajstić information content (AvgIpc) is 2.47. The molecule has 0 aliphatic carbocycles. The van der Waals surface area contributed by atoms with Crippen molar-refractivity contribution in [2.75, 3.05) is 19.1 Å². The first-order valence-corrected chi connectivity index (χ1v) is 6.83. The molecule has 0 bridgehead atoms. The van der Waals surface area contributed by atoms with Crippen LogP contribution in [0.1, 0.15) is 24.2 Å². The quantitative estimate of drug-likeness (QED) is 0.914. The Labute approximate surface area is 124 Å². The number of hydrogen-bond donors (Lipinski definition) is 1. The number of aliphatic hydroxyl groups is 1. The van der Waals surface area contributed by atoms with Gasteiger partial charge in [0.2, 0.25) is 0 Å². The summed E-state index contributed by atoms with van der Waals surface area (Å²) in [4.78, 5) is 1.83. The van der Waals surface area contributed by atoms with Crippen LogP contribution in [0.4, 0.5) is 10.1 Å². The Morgan fingerprint density at radius 2 is 2.00 bits per heavy atom. The number of methoxy groups -OCH3 is 1. The third kappa shape index (κ3) is 3.73. The van der Waals surface area contributed by atoms with Gasteiger partial charge < -0.3 is 14.7 Å². The van der Waals surface area contributed by atoms with Crippen LogP contribution in [0.3, 0.4) is 0 Å². The van der Waals surface area contributed by atoms with Gasteiger partial charge in [0.05, 0.1) is 18.9 Å². The van der Waals surface area contributed by atoms with Gasteiger partial charge in [-0.15, -0.1) is 0 Å². The minimum atomic E-state index is -0.669. The maximum Gasteiger partial charge on any atom is 0.146 e. The summed E-state index contributed by atoms with van der Waals surface area (Å²) in [6, 6.07) is 12.5. The van der Waals surface area contributed by atoms with Crippen molar-refractivity contribution in [3.63, 3.8) is 0 Å².